The van der Waals surface area contributed by atoms with Crippen LogP contribution in [0.15, 0.2) is 12.1 Å². The molecule has 148 valence electrons. The van der Waals surface area contributed by atoms with Crippen molar-refractivity contribution in [3.8, 4) is 6.07 Å². The Morgan fingerprint density at radius 2 is 1.96 bits per heavy atom. The maximum atomic E-state index is 9.79. The summed E-state index contributed by atoms with van der Waals surface area (Å²) in [4.78, 5) is 9.76. The summed E-state index contributed by atoms with van der Waals surface area (Å²) in [5.41, 5.74) is 13.7. The van der Waals surface area contributed by atoms with Crippen LogP contribution in [0.25, 0.3) is 0 Å². The van der Waals surface area contributed by atoms with Crippen LogP contribution in [0.1, 0.15) is 91.8 Å². The van der Waals surface area contributed by atoms with Gasteiger partial charge in [0, 0.05) is 23.5 Å². The maximum absolute atomic E-state index is 9.79. The second-order valence-corrected chi connectivity index (χ2v) is 7.87. The molecule has 4 heteroatoms. The zero-order chi connectivity index (χ0) is 20.1. The van der Waals surface area contributed by atoms with Gasteiger partial charge in [0.2, 0.25) is 0 Å². The molecule has 0 spiro atoms. The number of aryl methyl sites for hydroxylation is 3. The number of nitriles is 1. The van der Waals surface area contributed by atoms with E-state index in [1.807, 2.05) is 6.07 Å². The predicted octanol–water partition coefficient (Wildman–Crippen LogP) is 5.06. The number of benzene rings is 1. The first kappa shape index (κ1) is 20.3. The van der Waals surface area contributed by atoms with E-state index in [-0.39, 0.29) is 0 Å². The molecule has 0 amide bonds. The molecule has 0 saturated heterocycles. The molecule has 1 atom stereocenters. The smallest absolute Gasteiger partial charge is 0.128 e. The number of unbranched alkanes of at least 4 members (excludes halogenated alkanes) is 1. The summed E-state index contributed by atoms with van der Waals surface area (Å²) in [6.07, 6.45) is 9.22. The molecule has 4 nitrogen and oxygen atoms in total. The van der Waals surface area contributed by atoms with Crippen molar-refractivity contribution < 1.29 is 0 Å². The standard InChI is InChI=1S/C24H32N4/c1-4-7-9-21-18-12-10-17(14-22(18)28-23(6-3)27-21)24-16(8-5-2)11-13-20(26)19(24)15-25/h11,13,17H,4-10,12,14,26H2,1-3H3. The fourth-order valence-electron chi connectivity index (χ4n) is 4.46. The van der Waals surface area contributed by atoms with Gasteiger partial charge in [-0.1, -0.05) is 39.7 Å². The van der Waals surface area contributed by atoms with Crippen LogP contribution in [-0.2, 0) is 32.1 Å². The molecule has 0 fully saturated rings. The van der Waals surface area contributed by atoms with Crippen LogP contribution in [0, 0.1) is 11.3 Å². The summed E-state index contributed by atoms with van der Waals surface area (Å²) in [7, 11) is 0. The molecule has 1 unspecified atom stereocenters. The Labute approximate surface area is 169 Å². The Hall–Kier alpha value is -2.41. The third-order valence-electron chi connectivity index (χ3n) is 5.90. The lowest BCUT2D eigenvalue weighted by molar-refractivity contribution is 0.552. The average Bonchev–Trinajstić information content (AvgIpc) is 2.72. The Morgan fingerprint density at radius 3 is 2.64 bits per heavy atom. The van der Waals surface area contributed by atoms with E-state index in [0.29, 0.717) is 17.2 Å². The molecule has 28 heavy (non-hydrogen) atoms. The summed E-state index contributed by atoms with van der Waals surface area (Å²) in [6.45, 7) is 6.53. The van der Waals surface area contributed by atoms with E-state index >= 15 is 0 Å². The number of hydrogen-bond donors (Lipinski definition) is 1. The largest absolute Gasteiger partial charge is 0.398 e. The molecule has 0 bridgehead atoms. The fraction of sp³-hybridized carbons (Fsp3) is 0.542. The summed E-state index contributed by atoms with van der Waals surface area (Å²) in [5.74, 6) is 1.26. The zero-order valence-corrected chi connectivity index (χ0v) is 17.5. The fourth-order valence-corrected chi connectivity index (χ4v) is 4.46. The highest BCUT2D eigenvalue weighted by molar-refractivity contribution is 5.61. The van der Waals surface area contributed by atoms with Crippen LogP contribution in [0.5, 0.6) is 0 Å². The van der Waals surface area contributed by atoms with Gasteiger partial charge in [0.1, 0.15) is 11.9 Å². The highest BCUT2D eigenvalue weighted by Gasteiger charge is 2.28. The third-order valence-corrected chi connectivity index (χ3v) is 5.90. The summed E-state index contributed by atoms with van der Waals surface area (Å²) < 4.78 is 0. The van der Waals surface area contributed by atoms with Crippen LogP contribution >= 0.6 is 0 Å². The number of anilines is 1. The van der Waals surface area contributed by atoms with Crippen molar-refractivity contribution in [2.75, 3.05) is 5.73 Å². The molecule has 0 radical (unpaired) electrons. The van der Waals surface area contributed by atoms with Crippen LogP contribution < -0.4 is 5.73 Å². The topological polar surface area (TPSA) is 75.6 Å². The molecule has 2 aromatic rings. The number of aromatic nitrogens is 2. The molecule has 1 aliphatic carbocycles. The van der Waals surface area contributed by atoms with E-state index in [4.69, 9.17) is 15.7 Å². The second kappa shape index (κ2) is 9.19. The number of nitrogen functional groups attached to an aromatic ring is 1. The number of rotatable bonds is 7. The van der Waals surface area contributed by atoms with Gasteiger partial charge in [-0.15, -0.1) is 0 Å². The van der Waals surface area contributed by atoms with Gasteiger partial charge in [0.25, 0.3) is 0 Å². The number of nitrogens with two attached hydrogens (primary N) is 1. The lowest BCUT2D eigenvalue weighted by Gasteiger charge is -2.29. The molecule has 0 aliphatic heterocycles. The number of nitrogens with zero attached hydrogens (tertiary/aromatic N) is 3. The Morgan fingerprint density at radius 1 is 1.14 bits per heavy atom. The van der Waals surface area contributed by atoms with Crippen LogP contribution in [0.4, 0.5) is 5.69 Å². The lowest BCUT2D eigenvalue weighted by atomic mass is 9.77. The van der Waals surface area contributed by atoms with E-state index in [2.05, 4.69) is 32.9 Å². The van der Waals surface area contributed by atoms with Gasteiger partial charge < -0.3 is 5.73 Å². The van der Waals surface area contributed by atoms with Gasteiger partial charge in [-0.2, -0.15) is 5.26 Å². The van der Waals surface area contributed by atoms with Gasteiger partial charge in [0.05, 0.1) is 5.56 Å². The summed E-state index contributed by atoms with van der Waals surface area (Å²) in [6, 6.07) is 6.40. The van der Waals surface area contributed by atoms with Gasteiger partial charge in [-0.3, -0.25) is 0 Å². The van der Waals surface area contributed by atoms with E-state index in [0.717, 1.165) is 50.8 Å². The van der Waals surface area contributed by atoms with E-state index in [1.165, 1.54) is 40.9 Å². The normalized spacial score (nSPS) is 15.9. The van der Waals surface area contributed by atoms with Crippen molar-refractivity contribution >= 4 is 5.69 Å². The molecule has 2 N–H and O–H groups in total. The quantitative estimate of drug-likeness (QED) is 0.685. The first-order valence-electron chi connectivity index (χ1n) is 10.8. The molecule has 3 rings (SSSR count). The van der Waals surface area contributed by atoms with Crippen molar-refractivity contribution in [2.45, 2.75) is 84.5 Å². The molecule has 1 aromatic heterocycles. The first-order chi connectivity index (χ1) is 13.6. The lowest BCUT2D eigenvalue weighted by Crippen LogP contribution is -2.21. The molecule has 1 heterocycles. The highest BCUT2D eigenvalue weighted by atomic mass is 14.9. The van der Waals surface area contributed by atoms with E-state index in [1.54, 1.807) is 0 Å². The van der Waals surface area contributed by atoms with Crippen LogP contribution in [0.3, 0.4) is 0 Å². The number of hydrogen-bond acceptors (Lipinski definition) is 4. The average molecular weight is 377 g/mol. The Kier molecular flexibility index (Phi) is 6.67. The van der Waals surface area contributed by atoms with Gasteiger partial charge in [-0.25, -0.2) is 9.97 Å². The Balaban J connectivity index is 2.02. The van der Waals surface area contributed by atoms with Crippen molar-refractivity contribution in [1.29, 1.82) is 5.26 Å². The van der Waals surface area contributed by atoms with Crippen LogP contribution in [-0.4, -0.2) is 9.97 Å². The van der Waals surface area contributed by atoms with Gasteiger partial charge in [0.15, 0.2) is 0 Å². The molecular weight excluding hydrogens is 344 g/mol. The predicted molar refractivity (Wildman–Crippen MR) is 114 cm³/mol. The molecular formula is C24H32N4. The molecule has 1 aromatic carbocycles. The minimum atomic E-state index is 0.311. The maximum Gasteiger partial charge on any atom is 0.128 e. The van der Waals surface area contributed by atoms with Crippen molar-refractivity contribution in [2.24, 2.45) is 0 Å². The number of fused-ring (bicyclic) bond motifs is 1. The van der Waals surface area contributed by atoms with E-state index < -0.39 is 0 Å². The minimum Gasteiger partial charge on any atom is -0.398 e. The highest BCUT2D eigenvalue weighted by Crippen LogP contribution is 2.38. The molecule has 0 saturated carbocycles. The zero-order valence-electron chi connectivity index (χ0n) is 17.5. The molecule has 1 aliphatic rings. The monoisotopic (exact) mass is 376 g/mol. The van der Waals surface area contributed by atoms with Crippen molar-refractivity contribution in [3.05, 3.63) is 51.6 Å². The van der Waals surface area contributed by atoms with Gasteiger partial charge >= 0.3 is 0 Å². The van der Waals surface area contributed by atoms with Crippen LogP contribution in [0.2, 0.25) is 0 Å². The van der Waals surface area contributed by atoms with Crippen molar-refractivity contribution in [3.63, 3.8) is 0 Å². The summed E-state index contributed by atoms with van der Waals surface area (Å²) in [5, 5.41) is 9.79. The summed E-state index contributed by atoms with van der Waals surface area (Å²) >= 11 is 0. The SMILES string of the molecule is CCCCc1nc(CC)nc2c1CCC(c1c(CCC)ccc(N)c1C#N)C2. The first-order valence-corrected chi connectivity index (χ1v) is 10.8. The minimum absolute atomic E-state index is 0.311. The van der Waals surface area contributed by atoms with E-state index in [9.17, 15) is 5.26 Å². The third kappa shape index (κ3) is 4.04. The van der Waals surface area contributed by atoms with Gasteiger partial charge in [-0.05, 0) is 67.2 Å². The second-order valence-electron chi connectivity index (χ2n) is 7.87. The van der Waals surface area contributed by atoms with Crippen molar-refractivity contribution in [1.82, 2.24) is 9.97 Å². The Bertz CT molecular complexity index is 879.